The largest absolute Gasteiger partial charge is 0.493 e. The molecule has 3 rings (SSSR count). The van der Waals surface area contributed by atoms with Gasteiger partial charge >= 0.3 is 0 Å². The zero-order valence-corrected chi connectivity index (χ0v) is 11.5. The van der Waals surface area contributed by atoms with Crippen LogP contribution in [0.4, 0.5) is 0 Å². The summed E-state index contributed by atoms with van der Waals surface area (Å²) < 4.78 is 5.32. The molecule has 0 aromatic carbocycles. The Kier molecular flexibility index (Phi) is 2.16. The van der Waals surface area contributed by atoms with Crippen molar-refractivity contribution in [2.24, 2.45) is 22.7 Å². The molecule has 2 fully saturated rings. The lowest BCUT2D eigenvalue weighted by molar-refractivity contribution is -0.138. The van der Waals surface area contributed by atoms with Crippen molar-refractivity contribution >= 4 is 11.6 Å². The maximum Gasteiger partial charge on any atom is 0.208 e. The first-order valence-electron chi connectivity index (χ1n) is 6.73. The fourth-order valence-corrected chi connectivity index (χ4v) is 4.97. The predicted molar refractivity (Wildman–Crippen MR) is 66.8 cm³/mol. The van der Waals surface area contributed by atoms with E-state index in [-0.39, 0.29) is 17.0 Å². The van der Waals surface area contributed by atoms with E-state index in [1.807, 2.05) is 6.92 Å². The average Bonchev–Trinajstić information content (AvgIpc) is 2.77. The molecular weight excluding hydrogens is 228 g/mol. The van der Waals surface area contributed by atoms with Crippen molar-refractivity contribution in [3.05, 3.63) is 11.3 Å². The van der Waals surface area contributed by atoms with Crippen molar-refractivity contribution in [3.8, 4) is 0 Å². The Bertz CT molecular complexity index is 486. The number of carbonyl (C=O) groups is 2. The Morgan fingerprint density at radius 1 is 1.28 bits per heavy atom. The molecule has 0 radical (unpaired) electrons. The summed E-state index contributed by atoms with van der Waals surface area (Å²) >= 11 is 0. The van der Waals surface area contributed by atoms with Gasteiger partial charge in [0.1, 0.15) is 0 Å². The molecule has 0 aromatic rings. The smallest absolute Gasteiger partial charge is 0.208 e. The summed E-state index contributed by atoms with van der Waals surface area (Å²) in [6.07, 6.45) is 3.02. The molecular formula is C15H20O3. The molecule has 2 bridgehead atoms. The molecule has 0 amide bonds. The highest BCUT2D eigenvalue weighted by Gasteiger charge is 2.71. The van der Waals surface area contributed by atoms with Gasteiger partial charge in [-0.15, -0.1) is 0 Å². The molecule has 0 heterocycles. The Morgan fingerprint density at radius 2 is 1.94 bits per heavy atom. The lowest BCUT2D eigenvalue weighted by Gasteiger charge is -2.33. The fourth-order valence-electron chi connectivity index (χ4n) is 4.97. The molecule has 2 saturated carbocycles. The summed E-state index contributed by atoms with van der Waals surface area (Å²) in [6, 6.07) is 0. The van der Waals surface area contributed by atoms with E-state index >= 15 is 0 Å². The number of hydrogen-bond donors (Lipinski definition) is 0. The van der Waals surface area contributed by atoms with Gasteiger partial charge < -0.3 is 4.74 Å². The van der Waals surface area contributed by atoms with Crippen LogP contribution in [0.25, 0.3) is 0 Å². The fraction of sp³-hybridized carbons (Fsp3) is 0.733. The molecule has 3 atom stereocenters. The molecule has 3 heteroatoms. The van der Waals surface area contributed by atoms with E-state index in [1.54, 1.807) is 7.11 Å². The van der Waals surface area contributed by atoms with Gasteiger partial charge in [0.05, 0.1) is 18.4 Å². The first-order valence-corrected chi connectivity index (χ1v) is 6.73. The van der Waals surface area contributed by atoms with Crippen LogP contribution in [0.2, 0.25) is 0 Å². The number of hydrogen-bond acceptors (Lipinski definition) is 3. The number of methoxy groups -OCH3 is 1. The van der Waals surface area contributed by atoms with E-state index in [9.17, 15) is 9.59 Å². The zero-order chi connectivity index (χ0) is 13.3. The van der Waals surface area contributed by atoms with Crippen LogP contribution in [-0.2, 0) is 14.3 Å². The van der Waals surface area contributed by atoms with Gasteiger partial charge in [0.2, 0.25) is 5.78 Å². The van der Waals surface area contributed by atoms with Crippen LogP contribution in [0.3, 0.4) is 0 Å². The van der Waals surface area contributed by atoms with Crippen LogP contribution < -0.4 is 0 Å². The minimum atomic E-state index is -0.485. The molecule has 1 unspecified atom stereocenters. The zero-order valence-electron chi connectivity index (χ0n) is 11.5. The van der Waals surface area contributed by atoms with Gasteiger partial charge in [-0.3, -0.25) is 9.59 Å². The van der Waals surface area contributed by atoms with Crippen molar-refractivity contribution in [2.75, 3.05) is 7.11 Å². The van der Waals surface area contributed by atoms with Gasteiger partial charge in [0.25, 0.3) is 0 Å². The third-order valence-electron chi connectivity index (χ3n) is 5.70. The lowest BCUT2D eigenvalue weighted by Crippen LogP contribution is -2.41. The van der Waals surface area contributed by atoms with E-state index in [0.717, 1.165) is 24.8 Å². The average molecular weight is 248 g/mol. The number of Topliss-reactive ketones (excluding diaryl/α,β-unsaturated/α-hetero) is 2. The molecule has 3 nitrogen and oxygen atoms in total. The topological polar surface area (TPSA) is 43.4 Å². The standard InChI is InChI=1S/C15H20O3/c1-8-12(18-4)11(16)10-13(17)15(8)7-5-6-9(15)14(10,2)3/h9-10H,5-7H2,1-4H3/t9?,10-,15-/m0/s1. The van der Waals surface area contributed by atoms with Crippen LogP contribution in [0.5, 0.6) is 0 Å². The summed E-state index contributed by atoms with van der Waals surface area (Å²) in [6.45, 7) is 6.08. The number of ether oxygens (including phenoxy) is 1. The summed E-state index contributed by atoms with van der Waals surface area (Å²) in [7, 11) is 1.54. The van der Waals surface area contributed by atoms with Crippen LogP contribution in [0, 0.1) is 22.7 Å². The highest BCUT2D eigenvalue weighted by molar-refractivity contribution is 6.18. The third kappa shape index (κ3) is 0.987. The van der Waals surface area contributed by atoms with Crippen molar-refractivity contribution < 1.29 is 14.3 Å². The van der Waals surface area contributed by atoms with Gasteiger partial charge in [0.15, 0.2) is 11.5 Å². The van der Waals surface area contributed by atoms with E-state index in [4.69, 9.17) is 4.74 Å². The quantitative estimate of drug-likeness (QED) is 0.670. The monoisotopic (exact) mass is 248 g/mol. The first-order chi connectivity index (χ1) is 8.39. The second-order valence-corrected chi connectivity index (χ2v) is 6.56. The van der Waals surface area contributed by atoms with Crippen molar-refractivity contribution in [2.45, 2.75) is 40.0 Å². The van der Waals surface area contributed by atoms with Gasteiger partial charge in [0, 0.05) is 0 Å². The number of fused-ring (bicyclic) bond motifs is 1. The molecule has 3 aliphatic rings. The van der Waals surface area contributed by atoms with Gasteiger partial charge in [-0.25, -0.2) is 0 Å². The molecule has 98 valence electrons. The molecule has 0 aliphatic heterocycles. The second kappa shape index (κ2) is 3.25. The highest BCUT2D eigenvalue weighted by Crippen LogP contribution is 2.68. The number of allylic oxidation sites excluding steroid dienone is 2. The van der Waals surface area contributed by atoms with Gasteiger partial charge in [-0.05, 0) is 36.7 Å². The highest BCUT2D eigenvalue weighted by atomic mass is 16.5. The van der Waals surface area contributed by atoms with Crippen LogP contribution >= 0.6 is 0 Å². The Hall–Kier alpha value is -1.12. The van der Waals surface area contributed by atoms with E-state index in [2.05, 4.69) is 13.8 Å². The van der Waals surface area contributed by atoms with E-state index < -0.39 is 11.3 Å². The second-order valence-electron chi connectivity index (χ2n) is 6.56. The lowest BCUT2D eigenvalue weighted by atomic mass is 9.69. The van der Waals surface area contributed by atoms with Gasteiger partial charge in [-0.1, -0.05) is 20.3 Å². The van der Waals surface area contributed by atoms with E-state index in [0.29, 0.717) is 11.7 Å². The predicted octanol–water partition coefficient (Wildman–Crippen LogP) is 2.50. The normalized spacial score (nSPS) is 41.3. The van der Waals surface area contributed by atoms with Crippen molar-refractivity contribution in [3.63, 3.8) is 0 Å². The Morgan fingerprint density at radius 3 is 2.56 bits per heavy atom. The molecule has 0 aromatic heterocycles. The SMILES string of the molecule is COC1=C(C)[C@@]23CCCC2C(C)(C)[C@@H](C1=O)C3=O. The Labute approximate surface area is 108 Å². The van der Waals surface area contributed by atoms with Crippen LogP contribution in [0.15, 0.2) is 11.3 Å². The summed E-state index contributed by atoms with van der Waals surface area (Å²) in [5, 5.41) is 0. The molecule has 0 N–H and O–H groups in total. The molecule has 3 aliphatic carbocycles. The number of rotatable bonds is 1. The summed E-state index contributed by atoms with van der Waals surface area (Å²) in [4.78, 5) is 25.3. The van der Waals surface area contributed by atoms with E-state index in [1.165, 1.54) is 0 Å². The van der Waals surface area contributed by atoms with Crippen LogP contribution in [0.1, 0.15) is 40.0 Å². The number of carbonyl (C=O) groups excluding carboxylic acids is 2. The first kappa shape index (κ1) is 11.9. The minimum absolute atomic E-state index is 0.0926. The van der Waals surface area contributed by atoms with Crippen molar-refractivity contribution in [1.29, 1.82) is 0 Å². The summed E-state index contributed by atoms with van der Waals surface area (Å²) in [5.41, 5.74) is 0.268. The molecule has 1 spiro atoms. The Balaban J connectivity index is 2.30. The third-order valence-corrected chi connectivity index (χ3v) is 5.70. The van der Waals surface area contributed by atoms with Gasteiger partial charge in [-0.2, -0.15) is 0 Å². The maximum absolute atomic E-state index is 12.8. The molecule has 0 saturated heterocycles. The van der Waals surface area contributed by atoms with Crippen molar-refractivity contribution in [1.82, 2.24) is 0 Å². The maximum atomic E-state index is 12.8. The van der Waals surface area contributed by atoms with Crippen LogP contribution in [-0.4, -0.2) is 18.7 Å². The minimum Gasteiger partial charge on any atom is -0.493 e. The summed E-state index contributed by atoms with van der Waals surface area (Å²) in [5.74, 6) is 0.348. The molecule has 18 heavy (non-hydrogen) atoms. The number of ketones is 2.